The average Bonchev–Trinajstić information content (AvgIpc) is 3.18. The van der Waals surface area contributed by atoms with Crippen LogP contribution in [0.25, 0.3) is 0 Å². The van der Waals surface area contributed by atoms with Crippen LogP contribution in [-0.2, 0) is 0 Å². The van der Waals surface area contributed by atoms with E-state index in [0.717, 1.165) is 140 Å². The third-order valence-electron chi connectivity index (χ3n) is 15.7. The molecule has 16 nitrogen and oxygen atoms in total. The Kier molecular flexibility index (Phi) is 17.8. The predicted octanol–water partition coefficient (Wildman–Crippen LogP) is 9.68. The summed E-state index contributed by atoms with van der Waals surface area (Å²) in [4.78, 5) is 41.3. The van der Waals surface area contributed by atoms with E-state index in [0.29, 0.717) is 36.1 Å². The zero-order valence-corrected chi connectivity index (χ0v) is 49.5. The number of nitrogens with zero attached hydrogens (tertiary/aromatic N) is 10. The van der Waals surface area contributed by atoms with Crippen molar-refractivity contribution in [2.45, 2.75) is 284 Å². The van der Waals surface area contributed by atoms with E-state index in [-0.39, 0.29) is 44.3 Å². The Hall–Kier alpha value is -3.34. The Morgan fingerprint density at radius 2 is 0.528 bits per heavy atom. The molecule has 6 rings (SSSR count). The van der Waals surface area contributed by atoms with E-state index in [1.54, 1.807) is 0 Å². The van der Waals surface area contributed by atoms with Gasteiger partial charge in [0.05, 0.1) is 0 Å². The van der Waals surface area contributed by atoms with Crippen LogP contribution in [0.1, 0.15) is 216 Å². The predicted molar refractivity (Wildman–Crippen MR) is 304 cm³/mol. The highest BCUT2D eigenvalue weighted by Gasteiger charge is 2.45. The van der Waals surface area contributed by atoms with Gasteiger partial charge in [-0.15, -0.1) is 0 Å². The van der Waals surface area contributed by atoms with Crippen LogP contribution in [0.2, 0.25) is 0 Å². The van der Waals surface area contributed by atoms with Crippen LogP contribution in [0.3, 0.4) is 0 Å². The van der Waals surface area contributed by atoms with Gasteiger partial charge in [-0.3, -0.25) is 0 Å². The molecule has 0 saturated carbocycles. The van der Waals surface area contributed by atoms with Crippen molar-refractivity contribution in [2.75, 3.05) is 69.5 Å². The largest absolute Gasteiger partial charge is 0.354 e. The first-order valence-corrected chi connectivity index (χ1v) is 28.5. The Bertz CT molecular complexity index is 1740. The molecule has 0 aromatic carbocycles. The zero-order valence-electron chi connectivity index (χ0n) is 49.5. The van der Waals surface area contributed by atoms with Crippen molar-refractivity contribution in [1.29, 1.82) is 0 Å². The second kappa shape index (κ2) is 22.1. The molecule has 6 heterocycles. The highest BCUT2D eigenvalue weighted by Crippen LogP contribution is 2.38. The minimum Gasteiger partial charge on any atom is -0.354 e. The summed E-state index contributed by atoms with van der Waals surface area (Å²) in [5.41, 5.74) is 0.0130. The van der Waals surface area contributed by atoms with Gasteiger partial charge in [-0.1, -0.05) is 12.8 Å². The van der Waals surface area contributed by atoms with E-state index in [1.165, 1.54) is 0 Å². The molecule has 410 valence electrons. The summed E-state index contributed by atoms with van der Waals surface area (Å²) >= 11 is 0. The van der Waals surface area contributed by atoms with Crippen LogP contribution in [0, 0.1) is 0 Å². The Morgan fingerprint density at radius 3 is 0.708 bits per heavy atom. The average molecular weight is 1000 g/mol. The van der Waals surface area contributed by atoms with E-state index in [1.807, 2.05) is 0 Å². The molecule has 16 heteroatoms. The van der Waals surface area contributed by atoms with Gasteiger partial charge in [0.25, 0.3) is 0 Å². The van der Waals surface area contributed by atoms with Crippen LogP contribution >= 0.6 is 0 Å². The third-order valence-corrected chi connectivity index (χ3v) is 15.7. The van der Waals surface area contributed by atoms with Crippen molar-refractivity contribution in [3.8, 4) is 0 Å². The molecule has 0 atom stereocenters. The summed E-state index contributed by atoms with van der Waals surface area (Å²) in [5, 5.41) is 22.9. The van der Waals surface area contributed by atoms with E-state index < -0.39 is 0 Å². The van der Waals surface area contributed by atoms with Crippen molar-refractivity contribution in [2.24, 2.45) is 0 Å². The molecule has 72 heavy (non-hydrogen) atoms. The van der Waals surface area contributed by atoms with Crippen molar-refractivity contribution in [3.05, 3.63) is 0 Å². The number of anilines is 6. The maximum atomic E-state index is 5.35. The highest BCUT2D eigenvalue weighted by molar-refractivity contribution is 5.49. The van der Waals surface area contributed by atoms with Crippen LogP contribution in [0.15, 0.2) is 0 Å². The van der Waals surface area contributed by atoms with Crippen LogP contribution < -0.4 is 51.5 Å². The molecule has 4 saturated heterocycles. The molecule has 0 spiro atoms. The minimum atomic E-state index is 0.00162. The van der Waals surface area contributed by atoms with Gasteiger partial charge < -0.3 is 51.5 Å². The molecule has 4 aliphatic heterocycles. The van der Waals surface area contributed by atoms with Crippen molar-refractivity contribution < 1.29 is 0 Å². The first-order chi connectivity index (χ1) is 33.3. The Morgan fingerprint density at radius 1 is 0.333 bits per heavy atom. The zero-order chi connectivity index (χ0) is 53.3. The van der Waals surface area contributed by atoms with Crippen molar-refractivity contribution >= 4 is 35.7 Å². The highest BCUT2D eigenvalue weighted by atomic mass is 15.4. The lowest BCUT2D eigenvalue weighted by molar-refractivity contribution is 0.157. The fourth-order valence-electron chi connectivity index (χ4n) is 14.6. The molecule has 0 radical (unpaired) electrons. The first kappa shape index (κ1) is 57.9. The van der Waals surface area contributed by atoms with Gasteiger partial charge in [0.2, 0.25) is 35.7 Å². The molecule has 0 bridgehead atoms. The molecule has 6 N–H and O–H groups in total. The molecule has 0 amide bonds. The SMILES string of the molecule is CCN(c1nc(NCCCCCCNc2nc(N(CC)C3CC(C)(C)NC(C)(C)C3)nc(N(CC)C3CC(C)(C)NC(C)(C)C3)n2)nc(N(CC)C2CC(C)(C)NC(C)(C)C2)n1)C1CC(C)(C)NC(C)(C)C1. The lowest BCUT2D eigenvalue weighted by atomic mass is 9.79. The Labute approximate surface area is 438 Å². The second-order valence-corrected chi connectivity index (χ2v) is 27.7. The number of rotatable bonds is 21. The normalized spacial score (nSPS) is 23.6. The molecule has 2 aromatic rings. The van der Waals surface area contributed by atoms with Crippen LogP contribution in [0.5, 0.6) is 0 Å². The number of piperidine rings is 4. The number of hydrogen-bond acceptors (Lipinski definition) is 16. The van der Waals surface area contributed by atoms with Crippen molar-refractivity contribution in [1.82, 2.24) is 51.2 Å². The van der Waals surface area contributed by atoms with E-state index in [9.17, 15) is 0 Å². The monoisotopic (exact) mass is 1000 g/mol. The first-order valence-electron chi connectivity index (χ1n) is 28.5. The van der Waals surface area contributed by atoms with E-state index in [2.05, 4.69) is 190 Å². The molecule has 2 aromatic heterocycles. The van der Waals surface area contributed by atoms with Gasteiger partial charge in [0.15, 0.2) is 0 Å². The van der Waals surface area contributed by atoms with Crippen LogP contribution in [0.4, 0.5) is 35.7 Å². The van der Waals surface area contributed by atoms with Gasteiger partial charge >= 0.3 is 0 Å². The van der Waals surface area contributed by atoms with E-state index in [4.69, 9.17) is 29.9 Å². The fourth-order valence-corrected chi connectivity index (χ4v) is 14.6. The number of hydrogen-bond donors (Lipinski definition) is 6. The summed E-state index contributed by atoms with van der Waals surface area (Å²) in [6.45, 7) is 51.1. The van der Waals surface area contributed by atoms with Crippen LogP contribution in [-0.4, -0.2) is 138 Å². The summed E-state index contributed by atoms with van der Waals surface area (Å²) in [5.74, 6) is 4.46. The smallest absolute Gasteiger partial charge is 0.232 e. The van der Waals surface area contributed by atoms with Gasteiger partial charge in [0, 0.05) is 108 Å². The molecular weight excluding hydrogens is 897 g/mol. The van der Waals surface area contributed by atoms with E-state index >= 15 is 0 Å². The van der Waals surface area contributed by atoms with Crippen molar-refractivity contribution in [3.63, 3.8) is 0 Å². The molecule has 0 aliphatic carbocycles. The lowest BCUT2D eigenvalue weighted by Crippen LogP contribution is -2.62. The summed E-state index contributed by atoms with van der Waals surface area (Å²) in [7, 11) is 0. The summed E-state index contributed by atoms with van der Waals surface area (Å²) in [6.07, 6.45) is 12.4. The van der Waals surface area contributed by atoms with Gasteiger partial charge in [-0.2, -0.15) is 29.9 Å². The third kappa shape index (κ3) is 15.6. The topological polar surface area (TPSA) is 162 Å². The minimum absolute atomic E-state index is 0.00162. The quantitative estimate of drug-likeness (QED) is 0.0655. The fraction of sp³-hybridized carbons (Fsp3) is 0.893. The lowest BCUT2D eigenvalue weighted by Gasteiger charge is -2.50. The molecule has 4 fully saturated rings. The maximum absolute atomic E-state index is 5.35. The summed E-state index contributed by atoms with van der Waals surface area (Å²) in [6, 6.07) is 1.22. The molecule has 0 unspecified atom stereocenters. The van der Waals surface area contributed by atoms with Gasteiger partial charge in [0.1, 0.15) is 0 Å². The maximum Gasteiger partial charge on any atom is 0.232 e. The van der Waals surface area contributed by atoms with Gasteiger partial charge in [-0.05, 0) is 203 Å². The number of unbranched alkanes of at least 4 members (excludes halogenated alkanes) is 3. The number of nitrogens with one attached hydrogen (secondary N) is 6. The van der Waals surface area contributed by atoms with Gasteiger partial charge in [-0.25, -0.2) is 0 Å². The Balaban J connectivity index is 1.15. The second-order valence-electron chi connectivity index (χ2n) is 27.7. The standard InChI is InChI=1S/C56H106N16/c1-21-69(39-31-49(5,6)65-50(7,8)32-39)45-59-43(60-46(63-45)70(22-2)40-33-51(9,10)66-52(11,12)34-40)57-29-27-25-26-28-30-58-44-61-47(71(23-3)41-35-53(13,14)67-54(15,16)36-41)64-48(62-44)72(24-4)42-37-55(17,18)68-56(19,20)38-42/h39-42,65-68H,21-38H2,1-20H3,(H,57,59,60,63)(H,58,61,62,64). The molecular formula is C56H106N16. The summed E-state index contributed by atoms with van der Waals surface area (Å²) < 4.78 is 0. The number of aromatic nitrogens is 6. The molecule has 4 aliphatic rings.